The summed E-state index contributed by atoms with van der Waals surface area (Å²) in [5.74, 6) is -0.294. The number of rotatable bonds is 5. The van der Waals surface area contributed by atoms with Crippen LogP contribution in [0.1, 0.15) is 18.1 Å². The first-order chi connectivity index (χ1) is 10.9. The van der Waals surface area contributed by atoms with Crippen LogP contribution in [0.25, 0.3) is 0 Å². The van der Waals surface area contributed by atoms with Gasteiger partial charge in [0.2, 0.25) is 0 Å². The summed E-state index contributed by atoms with van der Waals surface area (Å²) in [6, 6.07) is 11.7. The average Bonchev–Trinajstić information content (AvgIpc) is 2.51. The molecule has 0 radical (unpaired) electrons. The van der Waals surface area contributed by atoms with Gasteiger partial charge in [0.15, 0.2) is 11.9 Å². The molecular weight excluding hydrogens is 296 g/mol. The molecule has 1 atom stereocenters. The highest BCUT2D eigenvalue weighted by Crippen LogP contribution is 2.27. The predicted octanol–water partition coefficient (Wildman–Crippen LogP) is 3.62. The molecule has 2 aromatic carbocycles. The maximum Gasteiger partial charge on any atom is 0.310 e. The van der Waals surface area contributed by atoms with Gasteiger partial charge >= 0.3 is 5.69 Å². The van der Waals surface area contributed by atoms with E-state index in [0.29, 0.717) is 5.69 Å². The largest absolute Gasteiger partial charge is 0.474 e. The number of benzene rings is 2. The van der Waals surface area contributed by atoms with Gasteiger partial charge in [-0.05, 0) is 44.0 Å². The zero-order chi connectivity index (χ0) is 17.0. The number of nitro benzene ring substituents is 1. The topological polar surface area (TPSA) is 81.5 Å². The normalized spacial score (nSPS) is 11.6. The van der Waals surface area contributed by atoms with Crippen LogP contribution in [0.15, 0.2) is 42.5 Å². The van der Waals surface area contributed by atoms with Crippen molar-refractivity contribution in [1.29, 1.82) is 0 Å². The van der Waals surface area contributed by atoms with Crippen LogP contribution in [0.5, 0.6) is 5.75 Å². The van der Waals surface area contributed by atoms with Gasteiger partial charge in [0.05, 0.1) is 4.92 Å². The second-order valence-electron chi connectivity index (χ2n) is 5.29. The number of carbonyl (C=O) groups excluding carboxylic acids is 1. The van der Waals surface area contributed by atoms with Crippen LogP contribution in [0.4, 0.5) is 11.4 Å². The summed E-state index contributed by atoms with van der Waals surface area (Å²) in [5, 5.41) is 13.8. The monoisotopic (exact) mass is 314 g/mol. The molecule has 6 nitrogen and oxygen atoms in total. The minimum Gasteiger partial charge on any atom is -0.474 e. The van der Waals surface area contributed by atoms with Crippen molar-refractivity contribution in [3.8, 4) is 5.75 Å². The highest BCUT2D eigenvalue weighted by Gasteiger charge is 2.21. The molecule has 1 amide bonds. The van der Waals surface area contributed by atoms with Crippen LogP contribution >= 0.6 is 0 Å². The molecule has 1 N–H and O–H groups in total. The zero-order valence-corrected chi connectivity index (χ0v) is 13.2. The van der Waals surface area contributed by atoms with E-state index in [1.807, 2.05) is 32.0 Å². The Bertz CT molecular complexity index is 743. The average molecular weight is 314 g/mol. The molecule has 6 heteroatoms. The van der Waals surface area contributed by atoms with E-state index in [1.54, 1.807) is 19.1 Å². The standard InChI is InChI=1S/C17H18N2O4/c1-11-8-9-12(2)14(10-11)18-17(20)13(3)23-16-7-5-4-6-15(16)19(21)22/h4-10,13H,1-3H3,(H,18,20). The first kappa shape index (κ1) is 16.5. The van der Waals surface area contributed by atoms with Gasteiger partial charge in [0, 0.05) is 11.8 Å². The number of aryl methyl sites for hydroxylation is 2. The Morgan fingerprint density at radius 3 is 2.61 bits per heavy atom. The van der Waals surface area contributed by atoms with Gasteiger partial charge < -0.3 is 10.1 Å². The number of hydrogen-bond acceptors (Lipinski definition) is 4. The van der Waals surface area contributed by atoms with E-state index >= 15 is 0 Å². The first-order valence-corrected chi connectivity index (χ1v) is 7.16. The molecule has 23 heavy (non-hydrogen) atoms. The second kappa shape index (κ2) is 6.91. The lowest BCUT2D eigenvalue weighted by molar-refractivity contribution is -0.386. The Morgan fingerprint density at radius 1 is 1.22 bits per heavy atom. The van der Waals surface area contributed by atoms with Gasteiger partial charge in [-0.1, -0.05) is 24.3 Å². The lowest BCUT2D eigenvalue weighted by Crippen LogP contribution is -2.30. The van der Waals surface area contributed by atoms with Gasteiger partial charge in [-0.15, -0.1) is 0 Å². The molecule has 0 aliphatic rings. The van der Waals surface area contributed by atoms with Crippen LogP contribution in [-0.4, -0.2) is 16.9 Å². The number of ether oxygens (including phenoxy) is 1. The van der Waals surface area contributed by atoms with E-state index in [4.69, 9.17) is 4.74 Å². The fourth-order valence-corrected chi connectivity index (χ4v) is 2.06. The van der Waals surface area contributed by atoms with E-state index in [9.17, 15) is 14.9 Å². The SMILES string of the molecule is Cc1ccc(C)c(NC(=O)C(C)Oc2ccccc2[N+](=O)[O-])c1. The van der Waals surface area contributed by atoms with Crippen LogP contribution in [-0.2, 0) is 4.79 Å². The van der Waals surface area contributed by atoms with Crippen molar-refractivity contribution in [2.45, 2.75) is 26.9 Å². The van der Waals surface area contributed by atoms with Gasteiger partial charge in [0.25, 0.3) is 5.91 Å². The van der Waals surface area contributed by atoms with Gasteiger partial charge in [0.1, 0.15) is 0 Å². The van der Waals surface area contributed by atoms with Crippen molar-refractivity contribution in [2.75, 3.05) is 5.32 Å². The summed E-state index contributed by atoms with van der Waals surface area (Å²) >= 11 is 0. The third kappa shape index (κ3) is 4.06. The molecule has 0 saturated heterocycles. The number of carbonyl (C=O) groups is 1. The summed E-state index contributed by atoms with van der Waals surface area (Å²) in [6.07, 6.45) is -0.865. The highest BCUT2D eigenvalue weighted by molar-refractivity contribution is 5.94. The Hall–Kier alpha value is -2.89. The highest BCUT2D eigenvalue weighted by atomic mass is 16.6. The van der Waals surface area contributed by atoms with Crippen molar-refractivity contribution in [1.82, 2.24) is 0 Å². The van der Waals surface area contributed by atoms with E-state index in [1.165, 1.54) is 12.1 Å². The maximum absolute atomic E-state index is 12.3. The van der Waals surface area contributed by atoms with Crippen LogP contribution < -0.4 is 10.1 Å². The number of nitrogens with one attached hydrogen (secondary N) is 1. The third-order valence-electron chi connectivity index (χ3n) is 3.39. The molecule has 2 rings (SSSR count). The van der Waals surface area contributed by atoms with Crippen LogP contribution in [0, 0.1) is 24.0 Å². The zero-order valence-electron chi connectivity index (χ0n) is 13.2. The number of hydrogen-bond donors (Lipinski definition) is 1. The maximum atomic E-state index is 12.3. The molecule has 2 aromatic rings. The first-order valence-electron chi connectivity index (χ1n) is 7.16. The number of amides is 1. The van der Waals surface area contributed by atoms with Crippen molar-refractivity contribution < 1.29 is 14.5 Å². The predicted molar refractivity (Wildman–Crippen MR) is 87.7 cm³/mol. The van der Waals surface area contributed by atoms with E-state index < -0.39 is 11.0 Å². The summed E-state index contributed by atoms with van der Waals surface area (Å²) in [4.78, 5) is 22.7. The summed E-state index contributed by atoms with van der Waals surface area (Å²) < 4.78 is 5.46. The Kier molecular flexibility index (Phi) is 4.95. The number of anilines is 1. The molecule has 0 aromatic heterocycles. The number of nitrogens with zero attached hydrogens (tertiary/aromatic N) is 1. The molecule has 1 unspecified atom stereocenters. The Balaban J connectivity index is 2.12. The van der Waals surface area contributed by atoms with Gasteiger partial charge in [-0.3, -0.25) is 14.9 Å². The van der Waals surface area contributed by atoms with Crippen molar-refractivity contribution in [2.24, 2.45) is 0 Å². The van der Waals surface area contributed by atoms with Gasteiger partial charge in [-0.2, -0.15) is 0 Å². The van der Waals surface area contributed by atoms with Gasteiger partial charge in [-0.25, -0.2) is 0 Å². The summed E-state index contributed by atoms with van der Waals surface area (Å²) in [5.41, 5.74) is 2.49. The fourth-order valence-electron chi connectivity index (χ4n) is 2.06. The number of nitro groups is 1. The molecule has 0 saturated carbocycles. The minimum atomic E-state index is -0.865. The lowest BCUT2D eigenvalue weighted by Gasteiger charge is -2.16. The summed E-state index contributed by atoms with van der Waals surface area (Å²) in [7, 11) is 0. The molecule has 0 fully saturated rings. The molecule has 0 heterocycles. The second-order valence-corrected chi connectivity index (χ2v) is 5.29. The minimum absolute atomic E-state index is 0.0705. The smallest absolute Gasteiger partial charge is 0.310 e. The van der Waals surface area contributed by atoms with E-state index in [-0.39, 0.29) is 17.3 Å². The molecule has 0 aliphatic heterocycles. The van der Waals surface area contributed by atoms with Crippen molar-refractivity contribution in [3.63, 3.8) is 0 Å². The molecule has 120 valence electrons. The van der Waals surface area contributed by atoms with Crippen molar-refractivity contribution >= 4 is 17.3 Å². The molecule has 0 aliphatic carbocycles. The quantitative estimate of drug-likeness (QED) is 0.675. The van der Waals surface area contributed by atoms with E-state index in [2.05, 4.69) is 5.32 Å². The number of para-hydroxylation sites is 2. The third-order valence-corrected chi connectivity index (χ3v) is 3.39. The Labute approximate surface area is 134 Å². The fraction of sp³-hybridized carbons (Fsp3) is 0.235. The van der Waals surface area contributed by atoms with E-state index in [0.717, 1.165) is 11.1 Å². The molecule has 0 spiro atoms. The Morgan fingerprint density at radius 2 is 1.91 bits per heavy atom. The molecule has 0 bridgehead atoms. The van der Waals surface area contributed by atoms with Crippen molar-refractivity contribution in [3.05, 3.63) is 63.7 Å². The van der Waals surface area contributed by atoms with Crippen LogP contribution in [0.2, 0.25) is 0 Å². The lowest BCUT2D eigenvalue weighted by atomic mass is 10.1. The van der Waals surface area contributed by atoms with Crippen LogP contribution in [0.3, 0.4) is 0 Å². The summed E-state index contributed by atoms with van der Waals surface area (Å²) in [6.45, 7) is 5.38. The molecular formula is C17H18N2O4.